The Labute approximate surface area is 128 Å². The molecule has 0 saturated heterocycles. The Balaban J connectivity index is 0.00000324. The molecule has 0 fully saturated rings. The first-order valence-electron chi connectivity index (χ1n) is 6.04. The number of hydrogen-bond acceptors (Lipinski definition) is 3. The molecule has 1 atom stereocenters. The van der Waals surface area contributed by atoms with Crippen LogP contribution in [0.5, 0.6) is 5.75 Å². The van der Waals surface area contributed by atoms with Crippen molar-refractivity contribution in [1.29, 1.82) is 0 Å². The van der Waals surface area contributed by atoms with Gasteiger partial charge in [0.25, 0.3) is 5.91 Å². The maximum Gasteiger partial charge on any atom is 0.260 e. The number of carbonyl (C=O) groups is 1. The fourth-order valence-corrected chi connectivity index (χ4v) is 1.76. The normalized spacial score (nSPS) is 11.3. The van der Waals surface area contributed by atoms with Gasteiger partial charge in [-0.25, -0.2) is 0 Å². The van der Waals surface area contributed by atoms with Crippen molar-refractivity contribution in [3.05, 3.63) is 28.7 Å². The fourth-order valence-electron chi connectivity index (χ4n) is 1.38. The molecule has 0 aromatic heterocycles. The zero-order valence-electron chi connectivity index (χ0n) is 11.1. The van der Waals surface area contributed by atoms with E-state index in [2.05, 4.69) is 26.6 Å². The van der Waals surface area contributed by atoms with Crippen LogP contribution in [0.4, 0.5) is 0 Å². The van der Waals surface area contributed by atoms with Crippen molar-refractivity contribution in [2.24, 2.45) is 0 Å². The lowest BCUT2D eigenvalue weighted by atomic mass is 10.3. The molecule has 0 bridgehead atoms. The number of rotatable bonds is 7. The largest absolute Gasteiger partial charge is 0.480 e. The first-order chi connectivity index (χ1) is 8.65. The van der Waals surface area contributed by atoms with Crippen molar-refractivity contribution in [2.45, 2.75) is 20.0 Å². The van der Waals surface area contributed by atoms with Gasteiger partial charge in [-0.15, -0.1) is 12.4 Å². The Morgan fingerprint density at radius 1 is 1.37 bits per heavy atom. The average Bonchev–Trinajstić information content (AvgIpc) is 2.37. The van der Waals surface area contributed by atoms with Gasteiger partial charge in [-0.3, -0.25) is 4.79 Å². The van der Waals surface area contributed by atoms with Gasteiger partial charge < -0.3 is 15.4 Å². The molecule has 0 radical (unpaired) electrons. The second kappa shape index (κ2) is 10.1. The smallest absolute Gasteiger partial charge is 0.260 e. The topological polar surface area (TPSA) is 50.4 Å². The van der Waals surface area contributed by atoms with Gasteiger partial charge in [0.15, 0.2) is 6.10 Å². The van der Waals surface area contributed by atoms with Gasteiger partial charge in [-0.05, 0) is 41.5 Å². The van der Waals surface area contributed by atoms with Gasteiger partial charge in [0, 0.05) is 13.1 Å². The van der Waals surface area contributed by atoms with Crippen LogP contribution in [0.25, 0.3) is 0 Å². The van der Waals surface area contributed by atoms with Crippen LogP contribution in [0, 0.1) is 0 Å². The molecule has 1 aromatic carbocycles. The Bertz CT molecular complexity index is 391. The van der Waals surface area contributed by atoms with E-state index in [4.69, 9.17) is 4.74 Å². The highest BCUT2D eigenvalue weighted by Crippen LogP contribution is 2.24. The molecule has 0 heterocycles. The molecule has 0 saturated carbocycles. The first kappa shape index (κ1) is 18.2. The van der Waals surface area contributed by atoms with Gasteiger partial charge in [0.05, 0.1) is 4.47 Å². The predicted octanol–water partition coefficient (Wildman–Crippen LogP) is 2.36. The Hall–Kier alpha value is -0.780. The molecule has 4 nitrogen and oxygen atoms in total. The molecule has 6 heteroatoms. The number of halogens is 2. The number of likely N-dealkylation sites (N-methyl/N-ethyl adjacent to an activating group) is 1. The number of hydrogen-bond donors (Lipinski definition) is 2. The van der Waals surface area contributed by atoms with Crippen LogP contribution in [0.1, 0.15) is 13.8 Å². The van der Waals surface area contributed by atoms with Gasteiger partial charge in [-0.1, -0.05) is 19.1 Å². The predicted molar refractivity (Wildman–Crippen MR) is 83.0 cm³/mol. The highest BCUT2D eigenvalue weighted by atomic mass is 79.9. The molecule has 1 rings (SSSR count). The van der Waals surface area contributed by atoms with Crippen LogP contribution >= 0.6 is 28.3 Å². The molecule has 0 aliphatic heterocycles. The molecule has 0 spiro atoms. The Morgan fingerprint density at radius 2 is 2.05 bits per heavy atom. The summed E-state index contributed by atoms with van der Waals surface area (Å²) < 4.78 is 6.43. The SMILES string of the molecule is CCNCCNC(=O)C(C)Oc1ccccc1Br.Cl. The number of nitrogens with one attached hydrogen (secondary N) is 2. The van der Waals surface area contributed by atoms with E-state index >= 15 is 0 Å². The fraction of sp³-hybridized carbons (Fsp3) is 0.462. The van der Waals surface area contributed by atoms with Crippen molar-refractivity contribution >= 4 is 34.2 Å². The maximum atomic E-state index is 11.7. The van der Waals surface area contributed by atoms with Crippen LogP contribution in [-0.2, 0) is 4.79 Å². The Morgan fingerprint density at radius 3 is 2.68 bits per heavy atom. The lowest BCUT2D eigenvalue weighted by Gasteiger charge is -2.15. The van der Waals surface area contributed by atoms with E-state index in [1.54, 1.807) is 6.92 Å². The second-order valence-electron chi connectivity index (χ2n) is 3.84. The minimum absolute atomic E-state index is 0. The zero-order chi connectivity index (χ0) is 13.4. The summed E-state index contributed by atoms with van der Waals surface area (Å²) in [5.74, 6) is 0.565. The van der Waals surface area contributed by atoms with Crippen molar-refractivity contribution in [2.75, 3.05) is 19.6 Å². The standard InChI is InChI=1S/C13H19BrN2O2.ClH/c1-3-15-8-9-16-13(17)10(2)18-12-7-5-4-6-11(12)14;/h4-7,10,15H,3,8-9H2,1-2H3,(H,16,17);1H. The summed E-state index contributed by atoms with van der Waals surface area (Å²) in [4.78, 5) is 11.7. The third kappa shape index (κ3) is 6.80. The minimum Gasteiger partial charge on any atom is -0.480 e. The van der Waals surface area contributed by atoms with Crippen molar-refractivity contribution in [1.82, 2.24) is 10.6 Å². The molecule has 0 aliphatic carbocycles. The summed E-state index contributed by atoms with van der Waals surface area (Å²) in [6, 6.07) is 7.48. The summed E-state index contributed by atoms with van der Waals surface area (Å²) in [7, 11) is 0. The third-order valence-corrected chi connectivity index (χ3v) is 3.02. The van der Waals surface area contributed by atoms with Crippen molar-refractivity contribution in [3.8, 4) is 5.75 Å². The highest BCUT2D eigenvalue weighted by molar-refractivity contribution is 9.10. The van der Waals surface area contributed by atoms with E-state index in [1.165, 1.54) is 0 Å². The summed E-state index contributed by atoms with van der Waals surface area (Å²) in [6.07, 6.45) is -0.509. The molecular weight excluding hydrogens is 332 g/mol. The number of amides is 1. The van der Waals surface area contributed by atoms with E-state index in [1.807, 2.05) is 31.2 Å². The van der Waals surface area contributed by atoms with E-state index in [-0.39, 0.29) is 18.3 Å². The van der Waals surface area contributed by atoms with Crippen molar-refractivity contribution in [3.63, 3.8) is 0 Å². The second-order valence-corrected chi connectivity index (χ2v) is 4.69. The number of benzene rings is 1. The molecule has 19 heavy (non-hydrogen) atoms. The summed E-state index contributed by atoms with van der Waals surface area (Å²) >= 11 is 3.38. The van der Waals surface area contributed by atoms with E-state index in [9.17, 15) is 4.79 Å². The summed E-state index contributed by atoms with van der Waals surface area (Å²) in [5, 5.41) is 5.95. The third-order valence-electron chi connectivity index (χ3n) is 2.36. The van der Waals surface area contributed by atoms with Crippen LogP contribution < -0.4 is 15.4 Å². The summed E-state index contributed by atoms with van der Waals surface area (Å²) in [5.41, 5.74) is 0. The van der Waals surface area contributed by atoms with Crippen LogP contribution in [0.15, 0.2) is 28.7 Å². The van der Waals surface area contributed by atoms with Crippen LogP contribution in [-0.4, -0.2) is 31.6 Å². The minimum atomic E-state index is -0.509. The van der Waals surface area contributed by atoms with Crippen molar-refractivity contribution < 1.29 is 9.53 Å². The lowest BCUT2D eigenvalue weighted by molar-refractivity contribution is -0.127. The monoisotopic (exact) mass is 350 g/mol. The molecule has 1 amide bonds. The molecule has 1 aromatic rings. The summed E-state index contributed by atoms with van der Waals surface area (Å²) in [6.45, 7) is 6.04. The molecule has 1 unspecified atom stereocenters. The molecule has 108 valence electrons. The zero-order valence-corrected chi connectivity index (χ0v) is 13.5. The molecule has 2 N–H and O–H groups in total. The first-order valence-corrected chi connectivity index (χ1v) is 6.84. The van der Waals surface area contributed by atoms with Gasteiger partial charge in [0.2, 0.25) is 0 Å². The van der Waals surface area contributed by atoms with Gasteiger partial charge in [-0.2, -0.15) is 0 Å². The van der Waals surface area contributed by atoms with Crippen LogP contribution in [0.3, 0.4) is 0 Å². The quantitative estimate of drug-likeness (QED) is 0.742. The van der Waals surface area contributed by atoms with Gasteiger partial charge >= 0.3 is 0 Å². The maximum absolute atomic E-state index is 11.7. The van der Waals surface area contributed by atoms with Gasteiger partial charge in [0.1, 0.15) is 5.75 Å². The van der Waals surface area contributed by atoms with Crippen LogP contribution in [0.2, 0.25) is 0 Å². The molecular formula is C13H20BrClN2O2. The van der Waals surface area contributed by atoms with E-state index in [0.29, 0.717) is 12.3 Å². The molecule has 0 aliphatic rings. The van der Waals surface area contributed by atoms with E-state index in [0.717, 1.165) is 17.6 Å². The Kier molecular flexibility index (Phi) is 9.65. The highest BCUT2D eigenvalue weighted by Gasteiger charge is 2.14. The average molecular weight is 352 g/mol. The number of carbonyl (C=O) groups excluding carboxylic acids is 1. The number of ether oxygens (including phenoxy) is 1. The van der Waals surface area contributed by atoms with E-state index < -0.39 is 6.10 Å². The lowest BCUT2D eigenvalue weighted by Crippen LogP contribution is -2.39. The number of para-hydroxylation sites is 1.